The first-order chi connectivity index (χ1) is 6.88. The molecule has 0 saturated carbocycles. The number of alkyl halides is 1. The fourth-order valence-corrected chi connectivity index (χ4v) is 3.31. The Hall–Kier alpha value is -0.0100. The fourth-order valence-electron chi connectivity index (χ4n) is 2.07. The van der Waals surface area contributed by atoms with E-state index < -0.39 is 0 Å². The minimum Gasteiger partial charge on any atom is -0.147 e. The van der Waals surface area contributed by atoms with Gasteiger partial charge in [-0.25, -0.2) is 0 Å². The zero-order chi connectivity index (χ0) is 11.5. The zero-order valence-corrected chi connectivity index (χ0v) is 11.7. The van der Waals surface area contributed by atoms with Crippen molar-refractivity contribution in [1.82, 2.24) is 0 Å². The molecule has 1 heterocycles. The highest BCUT2D eigenvalue weighted by atomic mass is 35.5. The molecule has 0 saturated heterocycles. The van der Waals surface area contributed by atoms with Gasteiger partial charge >= 0.3 is 0 Å². The third kappa shape index (κ3) is 5.03. The topological polar surface area (TPSA) is 0 Å². The molecule has 0 aliphatic rings. The SMILES string of the molecule is CC(CC(Cl)c1cccs1)CC(C)(C)C. The van der Waals surface area contributed by atoms with Gasteiger partial charge in [0.1, 0.15) is 0 Å². The second-order valence-electron chi connectivity index (χ2n) is 5.59. The lowest BCUT2D eigenvalue weighted by atomic mass is 9.83. The number of rotatable bonds is 4. The molecule has 0 bridgehead atoms. The Bertz CT molecular complexity index is 271. The van der Waals surface area contributed by atoms with Gasteiger partial charge in [-0.2, -0.15) is 0 Å². The summed E-state index contributed by atoms with van der Waals surface area (Å²) in [4.78, 5) is 1.30. The Balaban J connectivity index is 2.42. The molecule has 1 aromatic rings. The Kier molecular flexibility index (Phi) is 4.66. The third-order valence-corrected chi connectivity index (χ3v) is 3.95. The molecule has 0 fully saturated rings. The normalized spacial score (nSPS) is 16.3. The highest BCUT2D eigenvalue weighted by molar-refractivity contribution is 7.10. The van der Waals surface area contributed by atoms with Crippen LogP contribution in [0.4, 0.5) is 0 Å². The Morgan fingerprint density at radius 3 is 2.53 bits per heavy atom. The lowest BCUT2D eigenvalue weighted by Crippen LogP contribution is -2.12. The van der Waals surface area contributed by atoms with Crippen LogP contribution in [0.2, 0.25) is 0 Å². The van der Waals surface area contributed by atoms with Crippen molar-refractivity contribution in [3.63, 3.8) is 0 Å². The fraction of sp³-hybridized carbons (Fsp3) is 0.692. The maximum atomic E-state index is 6.38. The average molecular weight is 245 g/mol. The van der Waals surface area contributed by atoms with Crippen LogP contribution in [0, 0.1) is 11.3 Å². The van der Waals surface area contributed by atoms with Gasteiger partial charge < -0.3 is 0 Å². The van der Waals surface area contributed by atoms with Crippen LogP contribution in [-0.2, 0) is 0 Å². The summed E-state index contributed by atoms with van der Waals surface area (Å²) in [5.41, 5.74) is 0.408. The van der Waals surface area contributed by atoms with E-state index in [9.17, 15) is 0 Å². The summed E-state index contributed by atoms with van der Waals surface area (Å²) in [6, 6.07) is 4.20. The lowest BCUT2D eigenvalue weighted by molar-refractivity contribution is 0.295. The van der Waals surface area contributed by atoms with E-state index in [4.69, 9.17) is 11.6 Å². The predicted octanol–water partition coefficient (Wildman–Crippen LogP) is 5.49. The summed E-state index contributed by atoms with van der Waals surface area (Å²) < 4.78 is 0. The Morgan fingerprint density at radius 1 is 1.40 bits per heavy atom. The van der Waals surface area contributed by atoms with Crippen molar-refractivity contribution in [2.75, 3.05) is 0 Å². The average Bonchev–Trinajstić information content (AvgIpc) is 2.50. The van der Waals surface area contributed by atoms with Crippen LogP contribution in [0.3, 0.4) is 0 Å². The van der Waals surface area contributed by atoms with Gasteiger partial charge in [0.2, 0.25) is 0 Å². The Morgan fingerprint density at radius 2 is 2.07 bits per heavy atom. The van der Waals surface area contributed by atoms with E-state index >= 15 is 0 Å². The summed E-state index contributed by atoms with van der Waals surface area (Å²) in [7, 11) is 0. The van der Waals surface area contributed by atoms with Crippen molar-refractivity contribution < 1.29 is 0 Å². The van der Waals surface area contributed by atoms with Crippen molar-refractivity contribution in [2.24, 2.45) is 11.3 Å². The van der Waals surface area contributed by atoms with Crippen LogP contribution in [0.15, 0.2) is 17.5 Å². The second kappa shape index (κ2) is 5.36. The van der Waals surface area contributed by atoms with Crippen molar-refractivity contribution in [3.05, 3.63) is 22.4 Å². The number of halogens is 1. The number of thiophene rings is 1. The van der Waals surface area contributed by atoms with E-state index in [1.807, 2.05) is 0 Å². The van der Waals surface area contributed by atoms with Gasteiger partial charge in [0.15, 0.2) is 0 Å². The summed E-state index contributed by atoms with van der Waals surface area (Å²) in [6.45, 7) is 9.17. The quantitative estimate of drug-likeness (QED) is 0.615. The van der Waals surface area contributed by atoms with E-state index in [1.165, 1.54) is 11.3 Å². The molecule has 0 radical (unpaired) electrons. The molecule has 1 rings (SSSR count). The van der Waals surface area contributed by atoms with E-state index in [0.717, 1.165) is 6.42 Å². The van der Waals surface area contributed by atoms with Crippen molar-refractivity contribution in [1.29, 1.82) is 0 Å². The van der Waals surface area contributed by atoms with E-state index in [1.54, 1.807) is 11.3 Å². The van der Waals surface area contributed by atoms with Crippen LogP contribution in [0.1, 0.15) is 50.8 Å². The van der Waals surface area contributed by atoms with Crippen LogP contribution in [0.25, 0.3) is 0 Å². The molecule has 0 N–H and O–H groups in total. The van der Waals surface area contributed by atoms with Crippen molar-refractivity contribution in [2.45, 2.75) is 45.9 Å². The van der Waals surface area contributed by atoms with Crippen LogP contribution < -0.4 is 0 Å². The smallest absolute Gasteiger partial charge is 0.0681 e. The van der Waals surface area contributed by atoms with Crippen molar-refractivity contribution >= 4 is 22.9 Å². The molecular formula is C13H21ClS. The number of hydrogen-bond acceptors (Lipinski definition) is 1. The maximum Gasteiger partial charge on any atom is 0.0681 e. The third-order valence-electron chi connectivity index (χ3n) is 2.42. The minimum absolute atomic E-state index is 0.197. The Labute approximate surface area is 103 Å². The van der Waals surface area contributed by atoms with E-state index in [2.05, 4.69) is 45.2 Å². The molecule has 0 aliphatic carbocycles. The molecule has 0 amide bonds. The van der Waals surface area contributed by atoms with E-state index in [0.29, 0.717) is 11.3 Å². The maximum absolute atomic E-state index is 6.38. The molecule has 0 aromatic carbocycles. The first-order valence-electron chi connectivity index (χ1n) is 5.56. The molecule has 2 heteroatoms. The highest BCUT2D eigenvalue weighted by Crippen LogP contribution is 2.35. The zero-order valence-electron chi connectivity index (χ0n) is 10.1. The van der Waals surface area contributed by atoms with Gasteiger partial charge in [-0.1, -0.05) is 33.8 Å². The second-order valence-corrected chi connectivity index (χ2v) is 7.09. The monoisotopic (exact) mass is 244 g/mol. The summed E-state index contributed by atoms with van der Waals surface area (Å²) in [6.07, 6.45) is 2.32. The molecule has 15 heavy (non-hydrogen) atoms. The van der Waals surface area contributed by atoms with Gasteiger partial charge in [-0.15, -0.1) is 22.9 Å². The molecule has 0 nitrogen and oxygen atoms in total. The molecule has 1 aromatic heterocycles. The van der Waals surface area contributed by atoms with Gasteiger partial charge in [-0.3, -0.25) is 0 Å². The molecule has 86 valence electrons. The van der Waals surface area contributed by atoms with Gasteiger partial charge in [0.05, 0.1) is 5.38 Å². The van der Waals surface area contributed by atoms with Gasteiger partial charge in [0, 0.05) is 4.88 Å². The van der Waals surface area contributed by atoms with E-state index in [-0.39, 0.29) is 5.38 Å². The highest BCUT2D eigenvalue weighted by Gasteiger charge is 2.19. The van der Waals surface area contributed by atoms with Gasteiger partial charge in [-0.05, 0) is 35.6 Å². The standard InChI is InChI=1S/C13H21ClS/c1-10(9-13(2,3)4)8-11(14)12-6-5-7-15-12/h5-7,10-11H,8-9H2,1-4H3. The molecule has 0 aliphatic heterocycles. The lowest BCUT2D eigenvalue weighted by Gasteiger charge is -2.24. The largest absolute Gasteiger partial charge is 0.147 e. The molecule has 2 atom stereocenters. The predicted molar refractivity (Wildman–Crippen MR) is 70.8 cm³/mol. The molecule has 0 spiro atoms. The summed E-state index contributed by atoms with van der Waals surface area (Å²) >= 11 is 8.14. The van der Waals surface area contributed by atoms with Crippen molar-refractivity contribution in [3.8, 4) is 0 Å². The first kappa shape index (κ1) is 13.1. The van der Waals surface area contributed by atoms with Crippen LogP contribution >= 0.6 is 22.9 Å². The molecule has 2 unspecified atom stereocenters. The minimum atomic E-state index is 0.197. The van der Waals surface area contributed by atoms with Gasteiger partial charge in [0.25, 0.3) is 0 Å². The summed E-state index contributed by atoms with van der Waals surface area (Å²) in [5, 5.41) is 2.29. The van der Waals surface area contributed by atoms with Crippen LogP contribution in [-0.4, -0.2) is 0 Å². The molecular weight excluding hydrogens is 224 g/mol. The number of hydrogen-bond donors (Lipinski definition) is 0. The first-order valence-corrected chi connectivity index (χ1v) is 6.87. The summed E-state index contributed by atoms with van der Waals surface area (Å²) in [5.74, 6) is 0.689. The van der Waals surface area contributed by atoms with Crippen LogP contribution in [0.5, 0.6) is 0 Å².